The lowest BCUT2D eigenvalue weighted by atomic mass is 9.49. The maximum absolute atomic E-state index is 9.08. The molecule has 3 nitrogen and oxygen atoms in total. The van der Waals surface area contributed by atoms with Crippen LogP contribution in [0.1, 0.15) is 59.3 Å². The number of fused-ring (bicyclic) bond motifs is 5. The van der Waals surface area contributed by atoms with Crippen LogP contribution < -0.4 is 0 Å². The summed E-state index contributed by atoms with van der Waals surface area (Å²) in [6.45, 7) is 7.28. The minimum atomic E-state index is 0.0484. The molecular formula is C21H29N3. The first-order valence-electron chi connectivity index (χ1n) is 9.70. The van der Waals surface area contributed by atoms with Crippen LogP contribution in [0.3, 0.4) is 0 Å². The van der Waals surface area contributed by atoms with E-state index in [4.69, 9.17) is 5.53 Å². The standard InChI is InChI=1S/C21H29N3/c1-4-14-8-9-16-15-13-19(23-24-22)18-7-5-6-11-21(18,3)17(15)10-12-20(14,16)2/h6-7,11,13-17H,4-5,8-10,12H2,1-3H3/t14-,15-,16-,17-,20+,21+/m0/s1. The van der Waals surface area contributed by atoms with Crippen molar-refractivity contribution < 1.29 is 0 Å². The second-order valence-corrected chi connectivity index (χ2v) is 8.80. The third-order valence-electron chi connectivity index (χ3n) is 8.07. The predicted octanol–water partition coefficient (Wildman–Crippen LogP) is 6.56. The Balaban J connectivity index is 1.82. The smallest absolute Gasteiger partial charge is 0.0376 e. The molecular weight excluding hydrogens is 294 g/mol. The molecule has 4 rings (SSSR count). The van der Waals surface area contributed by atoms with Crippen molar-refractivity contribution in [3.8, 4) is 0 Å². The first-order valence-corrected chi connectivity index (χ1v) is 9.70. The summed E-state index contributed by atoms with van der Waals surface area (Å²) in [4.78, 5) is 3.14. The first kappa shape index (κ1) is 16.0. The van der Waals surface area contributed by atoms with Crippen molar-refractivity contribution in [2.75, 3.05) is 0 Å². The van der Waals surface area contributed by atoms with Crippen LogP contribution in [0.15, 0.2) is 40.7 Å². The van der Waals surface area contributed by atoms with Crippen LogP contribution in [0.4, 0.5) is 0 Å². The molecule has 0 aromatic carbocycles. The third-order valence-corrected chi connectivity index (χ3v) is 8.07. The van der Waals surface area contributed by atoms with Gasteiger partial charge >= 0.3 is 0 Å². The Labute approximate surface area is 145 Å². The SMILES string of the molecule is CC[C@H]1CC[C@H]2[C@@H]3C=C(N=[N+]=[N-])C4=CCC=C[C@]4(C)[C@H]3CC[C@]12C. The number of hydrogen-bond acceptors (Lipinski definition) is 1. The summed E-state index contributed by atoms with van der Waals surface area (Å²) in [6, 6.07) is 0. The van der Waals surface area contributed by atoms with E-state index in [1.165, 1.54) is 37.7 Å². The van der Waals surface area contributed by atoms with Crippen molar-refractivity contribution in [2.24, 2.45) is 39.6 Å². The van der Waals surface area contributed by atoms with Gasteiger partial charge in [-0.1, -0.05) is 56.6 Å². The van der Waals surface area contributed by atoms with Gasteiger partial charge in [0.2, 0.25) is 0 Å². The van der Waals surface area contributed by atoms with E-state index >= 15 is 0 Å². The van der Waals surface area contributed by atoms with Gasteiger partial charge in [0.05, 0.1) is 0 Å². The van der Waals surface area contributed by atoms with E-state index in [9.17, 15) is 0 Å². The molecule has 3 heteroatoms. The van der Waals surface area contributed by atoms with Crippen LogP contribution in [0.25, 0.3) is 10.4 Å². The second kappa shape index (κ2) is 5.52. The van der Waals surface area contributed by atoms with Gasteiger partial charge in [-0.25, -0.2) is 0 Å². The molecule has 2 saturated carbocycles. The summed E-state index contributed by atoms with van der Waals surface area (Å²) in [5, 5.41) is 4.12. The van der Waals surface area contributed by atoms with Crippen molar-refractivity contribution in [1.29, 1.82) is 0 Å². The topological polar surface area (TPSA) is 48.8 Å². The van der Waals surface area contributed by atoms with Crippen LogP contribution in [0.5, 0.6) is 0 Å². The van der Waals surface area contributed by atoms with Crippen molar-refractivity contribution >= 4 is 0 Å². The van der Waals surface area contributed by atoms with Crippen molar-refractivity contribution in [1.82, 2.24) is 0 Å². The number of allylic oxidation sites excluding steroid dienone is 5. The van der Waals surface area contributed by atoms with Gasteiger partial charge in [-0.15, -0.1) is 0 Å². The number of hydrogen-bond donors (Lipinski definition) is 0. The fraction of sp³-hybridized carbons (Fsp3) is 0.714. The number of nitrogens with zero attached hydrogens (tertiary/aromatic N) is 3. The summed E-state index contributed by atoms with van der Waals surface area (Å²) in [5.41, 5.74) is 11.8. The molecule has 0 unspecified atom stereocenters. The number of azide groups is 1. The lowest BCUT2D eigenvalue weighted by Crippen LogP contribution is -2.48. The Morgan fingerprint density at radius 1 is 1.25 bits per heavy atom. The normalized spacial score (nSPS) is 46.1. The summed E-state index contributed by atoms with van der Waals surface area (Å²) < 4.78 is 0. The molecule has 4 aliphatic rings. The fourth-order valence-corrected chi connectivity index (χ4v) is 6.83. The van der Waals surface area contributed by atoms with Crippen LogP contribution in [-0.2, 0) is 0 Å². The average Bonchev–Trinajstić information content (AvgIpc) is 2.91. The van der Waals surface area contributed by atoms with Gasteiger partial charge in [0, 0.05) is 16.0 Å². The van der Waals surface area contributed by atoms with Gasteiger partial charge in [-0.05, 0) is 72.3 Å². The molecule has 128 valence electrons. The highest BCUT2D eigenvalue weighted by molar-refractivity contribution is 5.46. The zero-order chi connectivity index (χ0) is 16.9. The van der Waals surface area contributed by atoms with Crippen molar-refractivity contribution in [2.45, 2.75) is 59.3 Å². The zero-order valence-electron chi connectivity index (χ0n) is 15.2. The molecule has 0 aromatic rings. The largest absolute Gasteiger partial charge is 0.0838 e. The van der Waals surface area contributed by atoms with Crippen molar-refractivity contribution in [3.63, 3.8) is 0 Å². The molecule has 0 bridgehead atoms. The van der Waals surface area contributed by atoms with E-state index in [2.05, 4.69) is 55.1 Å². The Bertz CT molecular complexity index is 681. The summed E-state index contributed by atoms with van der Waals surface area (Å²) in [5.74, 6) is 2.84. The Hall–Kier alpha value is -1.47. The monoisotopic (exact) mass is 323 g/mol. The van der Waals surface area contributed by atoms with Gasteiger partial charge in [0.15, 0.2) is 0 Å². The van der Waals surface area contributed by atoms with Gasteiger partial charge in [0.1, 0.15) is 0 Å². The van der Waals surface area contributed by atoms with Crippen LogP contribution in [0, 0.1) is 34.5 Å². The lowest BCUT2D eigenvalue weighted by Gasteiger charge is -2.55. The van der Waals surface area contributed by atoms with E-state index < -0.39 is 0 Å². The average molecular weight is 323 g/mol. The molecule has 0 N–H and O–H groups in total. The Morgan fingerprint density at radius 3 is 2.83 bits per heavy atom. The van der Waals surface area contributed by atoms with Crippen molar-refractivity contribution in [3.05, 3.63) is 46.0 Å². The second-order valence-electron chi connectivity index (χ2n) is 8.80. The molecule has 24 heavy (non-hydrogen) atoms. The molecule has 0 spiro atoms. The van der Waals surface area contributed by atoms with E-state index in [0.717, 1.165) is 24.0 Å². The highest BCUT2D eigenvalue weighted by Crippen LogP contribution is 2.65. The molecule has 0 radical (unpaired) electrons. The maximum atomic E-state index is 9.08. The molecule has 0 saturated heterocycles. The first-order chi connectivity index (χ1) is 11.5. The van der Waals surface area contributed by atoms with Gasteiger partial charge in [-0.3, -0.25) is 0 Å². The minimum Gasteiger partial charge on any atom is -0.0838 e. The van der Waals surface area contributed by atoms with Crippen LogP contribution in [0.2, 0.25) is 0 Å². The van der Waals surface area contributed by atoms with Crippen LogP contribution >= 0.6 is 0 Å². The maximum Gasteiger partial charge on any atom is 0.0376 e. The summed E-state index contributed by atoms with van der Waals surface area (Å²) in [7, 11) is 0. The quantitative estimate of drug-likeness (QED) is 0.239. The highest BCUT2D eigenvalue weighted by Gasteiger charge is 2.57. The molecule has 2 fully saturated rings. The Kier molecular flexibility index (Phi) is 3.69. The van der Waals surface area contributed by atoms with Crippen LogP contribution in [-0.4, -0.2) is 0 Å². The number of rotatable bonds is 2. The lowest BCUT2D eigenvalue weighted by molar-refractivity contribution is -0.000100. The Morgan fingerprint density at radius 2 is 2.08 bits per heavy atom. The highest BCUT2D eigenvalue weighted by atomic mass is 15.1. The molecule has 0 heterocycles. The van der Waals surface area contributed by atoms with E-state index in [1.54, 1.807) is 0 Å². The molecule has 6 atom stereocenters. The molecule has 0 aliphatic heterocycles. The van der Waals surface area contributed by atoms with Gasteiger partial charge in [-0.2, -0.15) is 0 Å². The fourth-order valence-electron chi connectivity index (χ4n) is 6.83. The third kappa shape index (κ3) is 2.00. The predicted molar refractivity (Wildman–Crippen MR) is 98.0 cm³/mol. The van der Waals surface area contributed by atoms with Gasteiger partial charge in [0.25, 0.3) is 0 Å². The summed E-state index contributed by atoms with van der Waals surface area (Å²) in [6.07, 6.45) is 17.0. The summed E-state index contributed by atoms with van der Waals surface area (Å²) >= 11 is 0. The van der Waals surface area contributed by atoms with E-state index in [0.29, 0.717) is 17.3 Å². The van der Waals surface area contributed by atoms with Gasteiger partial charge < -0.3 is 0 Å². The minimum absolute atomic E-state index is 0.0484. The molecule has 4 aliphatic carbocycles. The molecule has 0 aromatic heterocycles. The molecule has 0 amide bonds. The van der Waals surface area contributed by atoms with E-state index in [1.807, 2.05) is 0 Å². The zero-order valence-corrected chi connectivity index (χ0v) is 15.2. The van der Waals surface area contributed by atoms with E-state index in [-0.39, 0.29) is 5.41 Å².